The van der Waals surface area contributed by atoms with Gasteiger partial charge in [0.25, 0.3) is 0 Å². The summed E-state index contributed by atoms with van der Waals surface area (Å²) in [7, 11) is 2.99. The fourth-order valence-corrected chi connectivity index (χ4v) is 4.31. The highest BCUT2D eigenvalue weighted by molar-refractivity contribution is 5.94. The number of fused-ring (bicyclic) bond motifs is 3. The molecule has 5 rings (SSSR count). The molecule has 4 aromatic rings. The minimum Gasteiger partial charge on any atom is -0.507 e. The average Bonchev–Trinajstić information content (AvgIpc) is 2.83. The van der Waals surface area contributed by atoms with Crippen molar-refractivity contribution in [3.8, 4) is 39.9 Å². The summed E-state index contributed by atoms with van der Waals surface area (Å²) in [5, 5.41) is 20.9. The molecule has 8 heteroatoms. The Labute approximate surface area is 193 Å². The van der Waals surface area contributed by atoms with E-state index >= 15 is 0 Å². The van der Waals surface area contributed by atoms with Crippen LogP contribution in [-0.4, -0.2) is 30.4 Å². The normalized spacial score (nSPS) is 15.0. The Bertz CT molecular complexity index is 1480. The third-order valence-electron chi connectivity index (χ3n) is 5.98. The topological polar surface area (TPSA) is 115 Å². The van der Waals surface area contributed by atoms with E-state index in [1.54, 1.807) is 43.5 Å². The molecule has 0 saturated heterocycles. The smallest absolute Gasteiger partial charge is 0.312 e. The first-order valence-corrected chi connectivity index (χ1v) is 10.4. The third-order valence-corrected chi connectivity index (χ3v) is 5.98. The molecule has 2 N–H and O–H groups in total. The first kappa shape index (κ1) is 21.4. The molecule has 34 heavy (non-hydrogen) atoms. The number of carbonyl (C=O) groups is 1. The van der Waals surface area contributed by atoms with Crippen LogP contribution in [-0.2, 0) is 4.79 Å². The van der Waals surface area contributed by atoms with Crippen molar-refractivity contribution in [3.63, 3.8) is 0 Å². The molecule has 0 amide bonds. The molecule has 1 aromatic heterocycles. The number of methoxy groups -OCH3 is 2. The van der Waals surface area contributed by atoms with E-state index < -0.39 is 17.3 Å². The summed E-state index contributed by atoms with van der Waals surface area (Å²) in [6.45, 7) is 0. The lowest BCUT2D eigenvalue weighted by Crippen LogP contribution is -2.22. The fraction of sp³-hybridized carbons (Fsp3) is 0.154. The second kappa shape index (κ2) is 8.15. The van der Waals surface area contributed by atoms with E-state index in [0.29, 0.717) is 22.4 Å². The van der Waals surface area contributed by atoms with Gasteiger partial charge in [-0.25, -0.2) is 0 Å². The van der Waals surface area contributed by atoms with E-state index in [0.717, 1.165) is 0 Å². The highest BCUT2D eigenvalue weighted by Crippen LogP contribution is 2.46. The lowest BCUT2D eigenvalue weighted by molar-refractivity contribution is -0.135. The Morgan fingerprint density at radius 2 is 1.71 bits per heavy atom. The summed E-state index contributed by atoms with van der Waals surface area (Å²) in [5.74, 6) is -0.514. The van der Waals surface area contributed by atoms with Gasteiger partial charge in [0.2, 0.25) is 5.43 Å². The monoisotopic (exact) mass is 460 g/mol. The van der Waals surface area contributed by atoms with Crippen molar-refractivity contribution in [2.75, 3.05) is 14.2 Å². The molecule has 1 atom stereocenters. The second-order valence-electron chi connectivity index (χ2n) is 7.88. The first-order valence-electron chi connectivity index (χ1n) is 10.4. The molecular formula is C26H20O8. The summed E-state index contributed by atoms with van der Waals surface area (Å²) in [5.41, 5.74) is 1.58. The van der Waals surface area contributed by atoms with Gasteiger partial charge in [-0.3, -0.25) is 9.59 Å². The lowest BCUT2D eigenvalue weighted by Gasteiger charge is -2.26. The van der Waals surface area contributed by atoms with Crippen LogP contribution in [0.5, 0.6) is 28.7 Å². The van der Waals surface area contributed by atoms with Crippen LogP contribution in [0.3, 0.4) is 0 Å². The molecule has 0 unspecified atom stereocenters. The number of phenolic OH excluding ortho intramolecular Hbond substituents is 2. The Balaban J connectivity index is 1.72. The van der Waals surface area contributed by atoms with Crippen LogP contribution in [0.4, 0.5) is 0 Å². The zero-order valence-electron chi connectivity index (χ0n) is 18.3. The zero-order chi connectivity index (χ0) is 24.0. The minimum atomic E-state index is -0.578. The number of hydrogen-bond acceptors (Lipinski definition) is 8. The molecule has 8 nitrogen and oxygen atoms in total. The Kier molecular flexibility index (Phi) is 5.13. The van der Waals surface area contributed by atoms with E-state index in [-0.39, 0.29) is 46.0 Å². The molecule has 0 spiro atoms. The number of esters is 1. The van der Waals surface area contributed by atoms with Gasteiger partial charge >= 0.3 is 5.97 Å². The van der Waals surface area contributed by atoms with Crippen LogP contribution in [0.15, 0.2) is 64.0 Å². The highest BCUT2D eigenvalue weighted by Gasteiger charge is 2.34. The molecule has 1 aliphatic heterocycles. The first-order chi connectivity index (χ1) is 16.4. The van der Waals surface area contributed by atoms with E-state index in [9.17, 15) is 19.8 Å². The van der Waals surface area contributed by atoms with Crippen LogP contribution in [0.2, 0.25) is 0 Å². The zero-order valence-corrected chi connectivity index (χ0v) is 18.3. The van der Waals surface area contributed by atoms with Crippen molar-refractivity contribution in [3.05, 3.63) is 76.1 Å². The maximum atomic E-state index is 13.4. The van der Waals surface area contributed by atoms with Crippen molar-refractivity contribution in [1.82, 2.24) is 0 Å². The number of hydrogen-bond donors (Lipinski definition) is 2. The molecule has 0 radical (unpaired) electrons. The molecule has 3 aromatic carbocycles. The van der Waals surface area contributed by atoms with Crippen molar-refractivity contribution in [2.45, 2.75) is 12.3 Å². The van der Waals surface area contributed by atoms with Crippen LogP contribution < -0.4 is 19.6 Å². The van der Waals surface area contributed by atoms with Crippen molar-refractivity contribution < 1.29 is 33.6 Å². The van der Waals surface area contributed by atoms with Gasteiger partial charge in [0.15, 0.2) is 11.5 Å². The average molecular weight is 460 g/mol. The molecule has 0 aliphatic carbocycles. The van der Waals surface area contributed by atoms with Gasteiger partial charge in [-0.05, 0) is 35.4 Å². The summed E-state index contributed by atoms with van der Waals surface area (Å²) in [6, 6.07) is 12.9. The maximum absolute atomic E-state index is 13.4. The standard InChI is InChI=1S/C26H20O8/c1-31-15-6-3-13(4-7-15)17-12-33-26-23-16(14-5-8-20(32-2)18(27)9-14)10-22(29)34-21(23)11-19(28)24(26)25(17)30/h3-9,11-12,16,27-28H,10H2,1-2H3/t16-/m0/s1. The van der Waals surface area contributed by atoms with Gasteiger partial charge in [-0.15, -0.1) is 0 Å². The van der Waals surface area contributed by atoms with Crippen molar-refractivity contribution in [2.24, 2.45) is 0 Å². The third kappa shape index (κ3) is 3.40. The largest absolute Gasteiger partial charge is 0.507 e. The van der Waals surface area contributed by atoms with Crippen LogP contribution in [0.1, 0.15) is 23.5 Å². The van der Waals surface area contributed by atoms with Crippen molar-refractivity contribution in [1.29, 1.82) is 0 Å². The Morgan fingerprint density at radius 1 is 0.941 bits per heavy atom. The lowest BCUT2D eigenvalue weighted by atomic mass is 9.84. The van der Waals surface area contributed by atoms with Crippen LogP contribution in [0.25, 0.3) is 22.1 Å². The summed E-state index contributed by atoms with van der Waals surface area (Å²) in [4.78, 5) is 25.7. The number of aromatic hydroxyl groups is 2. The Morgan fingerprint density at radius 3 is 2.38 bits per heavy atom. The summed E-state index contributed by atoms with van der Waals surface area (Å²) < 4.78 is 21.5. The van der Waals surface area contributed by atoms with Gasteiger partial charge in [0, 0.05) is 17.5 Å². The molecule has 0 saturated carbocycles. The van der Waals surface area contributed by atoms with Crippen LogP contribution >= 0.6 is 0 Å². The summed E-state index contributed by atoms with van der Waals surface area (Å²) in [6.07, 6.45) is 1.29. The number of benzene rings is 3. The molecule has 2 heterocycles. The predicted octanol–water partition coefficient (Wildman–Crippen LogP) is 4.33. The molecule has 0 fully saturated rings. The van der Waals surface area contributed by atoms with Crippen LogP contribution in [0, 0.1) is 0 Å². The second-order valence-corrected chi connectivity index (χ2v) is 7.88. The van der Waals surface area contributed by atoms with Gasteiger partial charge < -0.3 is 28.8 Å². The molecular weight excluding hydrogens is 440 g/mol. The molecule has 1 aliphatic rings. The van der Waals surface area contributed by atoms with E-state index in [1.807, 2.05) is 0 Å². The van der Waals surface area contributed by atoms with E-state index in [2.05, 4.69) is 0 Å². The summed E-state index contributed by atoms with van der Waals surface area (Å²) >= 11 is 0. The predicted molar refractivity (Wildman–Crippen MR) is 123 cm³/mol. The van der Waals surface area contributed by atoms with Gasteiger partial charge in [0.1, 0.15) is 34.5 Å². The van der Waals surface area contributed by atoms with Gasteiger partial charge in [0.05, 0.1) is 26.2 Å². The fourth-order valence-electron chi connectivity index (χ4n) is 4.31. The number of phenols is 2. The Hall–Kier alpha value is -4.46. The highest BCUT2D eigenvalue weighted by atomic mass is 16.5. The molecule has 0 bridgehead atoms. The SMILES string of the molecule is COc1ccc(-c2coc3c4c(cc(O)c3c2=O)OC(=O)C[C@H]4c2ccc(OC)c(O)c2)cc1. The van der Waals surface area contributed by atoms with E-state index in [1.165, 1.54) is 25.5 Å². The van der Waals surface area contributed by atoms with Gasteiger partial charge in [-0.1, -0.05) is 18.2 Å². The minimum absolute atomic E-state index is 0.0206. The van der Waals surface area contributed by atoms with Gasteiger partial charge in [-0.2, -0.15) is 0 Å². The van der Waals surface area contributed by atoms with E-state index in [4.69, 9.17) is 18.6 Å². The van der Waals surface area contributed by atoms with Crippen molar-refractivity contribution >= 4 is 16.9 Å². The number of ether oxygens (including phenoxy) is 3. The molecule has 172 valence electrons. The quantitative estimate of drug-likeness (QED) is 0.342. The maximum Gasteiger partial charge on any atom is 0.312 e. The number of carbonyl (C=O) groups excluding carboxylic acids is 1. The number of rotatable bonds is 4.